The van der Waals surface area contributed by atoms with E-state index in [1.165, 1.54) is 0 Å². The van der Waals surface area contributed by atoms with E-state index >= 15 is 0 Å². The van der Waals surface area contributed by atoms with E-state index in [1.54, 1.807) is 14.0 Å². The van der Waals surface area contributed by atoms with E-state index in [4.69, 9.17) is 15.6 Å². The summed E-state index contributed by atoms with van der Waals surface area (Å²) in [4.78, 5) is 10.6. The van der Waals surface area contributed by atoms with Crippen LogP contribution in [-0.2, 0) is 9.53 Å². The highest BCUT2D eigenvalue weighted by atomic mass is 16.5. The zero-order valence-corrected chi connectivity index (χ0v) is 8.12. The van der Waals surface area contributed by atoms with E-state index in [9.17, 15) is 4.79 Å². The van der Waals surface area contributed by atoms with Crippen LogP contribution in [0.2, 0.25) is 0 Å². The summed E-state index contributed by atoms with van der Waals surface area (Å²) in [5.74, 6) is -0.576. The summed E-state index contributed by atoms with van der Waals surface area (Å²) in [6.45, 7) is 2.60. The van der Waals surface area contributed by atoms with Gasteiger partial charge in [0, 0.05) is 19.6 Å². The molecule has 0 fully saturated rings. The van der Waals surface area contributed by atoms with Crippen molar-refractivity contribution in [1.82, 2.24) is 5.32 Å². The highest BCUT2D eigenvalue weighted by Gasteiger charge is 2.11. The normalized spacial score (nSPS) is 15.3. The second-order valence-electron chi connectivity index (χ2n) is 3.05. The average Bonchev–Trinajstić information content (AvgIpc) is 2.11. The van der Waals surface area contributed by atoms with Crippen molar-refractivity contribution in [3.63, 3.8) is 0 Å². The minimum Gasteiger partial charge on any atom is -0.395 e. The van der Waals surface area contributed by atoms with Crippen LogP contribution in [0.4, 0.5) is 0 Å². The molecule has 0 aromatic carbocycles. The number of hydrogen-bond donors (Lipinski definition) is 3. The maximum absolute atomic E-state index is 10.6. The minimum absolute atomic E-state index is 0.0146. The van der Waals surface area contributed by atoms with Gasteiger partial charge < -0.3 is 20.9 Å². The Kier molecular flexibility index (Phi) is 6.48. The number of nitrogens with two attached hydrogens (primary N) is 1. The van der Waals surface area contributed by atoms with Crippen molar-refractivity contribution >= 4 is 5.91 Å². The molecule has 0 aliphatic carbocycles. The van der Waals surface area contributed by atoms with Gasteiger partial charge in [0.25, 0.3) is 0 Å². The predicted octanol–water partition coefficient (Wildman–Crippen LogP) is -1.30. The predicted molar refractivity (Wildman–Crippen MR) is 49.1 cm³/mol. The molecule has 2 atom stereocenters. The first-order chi connectivity index (χ1) is 6.11. The van der Waals surface area contributed by atoms with E-state index in [0.717, 1.165) is 0 Å². The summed E-state index contributed by atoms with van der Waals surface area (Å²) >= 11 is 0. The van der Waals surface area contributed by atoms with Crippen LogP contribution in [0.15, 0.2) is 0 Å². The van der Waals surface area contributed by atoms with Crippen molar-refractivity contribution in [3.8, 4) is 0 Å². The monoisotopic (exact) mass is 190 g/mol. The molecule has 0 saturated heterocycles. The van der Waals surface area contributed by atoms with Crippen LogP contribution in [0, 0.1) is 5.92 Å². The Bertz CT molecular complexity index is 152. The molecule has 0 spiro atoms. The Labute approximate surface area is 78.3 Å². The molecular formula is C8H18N2O3. The fourth-order valence-electron chi connectivity index (χ4n) is 0.821. The second-order valence-corrected chi connectivity index (χ2v) is 3.05. The summed E-state index contributed by atoms with van der Waals surface area (Å²) in [6.07, 6.45) is 0. The third kappa shape index (κ3) is 5.57. The lowest BCUT2D eigenvalue weighted by molar-refractivity contribution is -0.121. The van der Waals surface area contributed by atoms with Crippen LogP contribution in [-0.4, -0.2) is 43.9 Å². The SMILES string of the molecule is COCC(CO)NCC(C)C(N)=O. The molecule has 0 aromatic heterocycles. The van der Waals surface area contributed by atoms with E-state index < -0.39 is 0 Å². The number of primary amides is 1. The molecule has 5 nitrogen and oxygen atoms in total. The maximum atomic E-state index is 10.6. The lowest BCUT2D eigenvalue weighted by atomic mass is 10.1. The second kappa shape index (κ2) is 6.82. The van der Waals surface area contributed by atoms with Gasteiger partial charge in [0.15, 0.2) is 0 Å². The van der Waals surface area contributed by atoms with Crippen LogP contribution >= 0.6 is 0 Å². The van der Waals surface area contributed by atoms with Crippen LogP contribution in [0.3, 0.4) is 0 Å². The Morgan fingerprint density at radius 2 is 2.31 bits per heavy atom. The summed E-state index contributed by atoms with van der Waals surface area (Å²) in [7, 11) is 1.56. The molecule has 0 aliphatic heterocycles. The quantitative estimate of drug-likeness (QED) is 0.466. The lowest BCUT2D eigenvalue weighted by Crippen LogP contribution is -2.41. The fraction of sp³-hybridized carbons (Fsp3) is 0.875. The number of aliphatic hydroxyl groups is 1. The molecule has 0 aliphatic rings. The summed E-state index contributed by atoms with van der Waals surface area (Å²) in [5, 5.41) is 11.8. The van der Waals surface area contributed by atoms with Crippen LogP contribution < -0.4 is 11.1 Å². The number of aliphatic hydroxyl groups excluding tert-OH is 1. The van der Waals surface area contributed by atoms with E-state index in [1.807, 2.05) is 0 Å². The number of ether oxygens (including phenoxy) is 1. The summed E-state index contributed by atoms with van der Waals surface area (Å²) < 4.78 is 4.85. The highest BCUT2D eigenvalue weighted by Crippen LogP contribution is 1.92. The molecule has 0 radical (unpaired) electrons. The third-order valence-electron chi connectivity index (χ3n) is 1.79. The first-order valence-corrected chi connectivity index (χ1v) is 4.24. The number of hydrogen-bond acceptors (Lipinski definition) is 4. The molecule has 13 heavy (non-hydrogen) atoms. The van der Waals surface area contributed by atoms with Gasteiger partial charge >= 0.3 is 0 Å². The van der Waals surface area contributed by atoms with Gasteiger partial charge in [0.1, 0.15) is 0 Å². The van der Waals surface area contributed by atoms with Crippen molar-refractivity contribution in [2.45, 2.75) is 13.0 Å². The number of carbonyl (C=O) groups is 1. The summed E-state index contributed by atoms with van der Waals surface area (Å²) in [6, 6.07) is -0.133. The minimum atomic E-state index is -0.346. The Balaban J connectivity index is 3.64. The van der Waals surface area contributed by atoms with E-state index in [0.29, 0.717) is 13.2 Å². The van der Waals surface area contributed by atoms with E-state index in [2.05, 4.69) is 5.32 Å². The molecule has 0 aromatic rings. The van der Waals surface area contributed by atoms with E-state index in [-0.39, 0.29) is 24.5 Å². The average molecular weight is 190 g/mol. The first-order valence-electron chi connectivity index (χ1n) is 4.24. The van der Waals surface area contributed by atoms with Crippen molar-refractivity contribution in [1.29, 1.82) is 0 Å². The van der Waals surface area contributed by atoms with Crippen molar-refractivity contribution in [2.75, 3.05) is 26.9 Å². The Hall–Kier alpha value is -0.650. The molecule has 0 saturated carbocycles. The van der Waals surface area contributed by atoms with Crippen molar-refractivity contribution < 1.29 is 14.6 Å². The van der Waals surface area contributed by atoms with Gasteiger partial charge in [-0.05, 0) is 0 Å². The lowest BCUT2D eigenvalue weighted by Gasteiger charge is -2.16. The maximum Gasteiger partial charge on any atom is 0.221 e. The van der Waals surface area contributed by atoms with Crippen molar-refractivity contribution in [3.05, 3.63) is 0 Å². The topological polar surface area (TPSA) is 84.6 Å². The molecule has 0 heterocycles. The fourth-order valence-corrected chi connectivity index (χ4v) is 0.821. The number of amides is 1. The number of methoxy groups -OCH3 is 1. The highest BCUT2D eigenvalue weighted by molar-refractivity contribution is 5.76. The molecule has 78 valence electrons. The number of carbonyl (C=O) groups excluding carboxylic acids is 1. The molecule has 1 amide bonds. The number of nitrogens with one attached hydrogen (secondary N) is 1. The van der Waals surface area contributed by atoms with Crippen molar-refractivity contribution in [2.24, 2.45) is 11.7 Å². The van der Waals surface area contributed by atoms with Crippen LogP contribution in [0.1, 0.15) is 6.92 Å². The van der Waals surface area contributed by atoms with Gasteiger partial charge in [0.05, 0.1) is 19.3 Å². The molecule has 2 unspecified atom stereocenters. The molecule has 0 bridgehead atoms. The Morgan fingerprint density at radius 1 is 1.69 bits per heavy atom. The smallest absolute Gasteiger partial charge is 0.221 e. The zero-order valence-electron chi connectivity index (χ0n) is 8.12. The summed E-state index contributed by atoms with van der Waals surface area (Å²) in [5.41, 5.74) is 5.06. The van der Waals surface area contributed by atoms with Gasteiger partial charge in [-0.3, -0.25) is 4.79 Å². The largest absolute Gasteiger partial charge is 0.395 e. The van der Waals surface area contributed by atoms with Gasteiger partial charge in [-0.15, -0.1) is 0 Å². The Morgan fingerprint density at radius 3 is 2.69 bits per heavy atom. The van der Waals surface area contributed by atoms with Gasteiger partial charge in [0.2, 0.25) is 5.91 Å². The standard InChI is InChI=1S/C8H18N2O3/c1-6(8(9)12)3-10-7(4-11)5-13-2/h6-7,10-11H,3-5H2,1-2H3,(H2,9,12). The first kappa shape index (κ1) is 12.3. The molecule has 0 rings (SSSR count). The molecule has 4 N–H and O–H groups in total. The third-order valence-corrected chi connectivity index (χ3v) is 1.79. The van der Waals surface area contributed by atoms with Crippen LogP contribution in [0.25, 0.3) is 0 Å². The van der Waals surface area contributed by atoms with Gasteiger partial charge in [-0.25, -0.2) is 0 Å². The zero-order chi connectivity index (χ0) is 10.3. The van der Waals surface area contributed by atoms with Gasteiger partial charge in [-0.1, -0.05) is 6.92 Å². The van der Waals surface area contributed by atoms with Crippen LogP contribution in [0.5, 0.6) is 0 Å². The van der Waals surface area contributed by atoms with Gasteiger partial charge in [-0.2, -0.15) is 0 Å². The number of rotatable bonds is 7. The molecular weight excluding hydrogens is 172 g/mol. The molecule has 5 heteroatoms.